The number of esters is 2. The Kier molecular flexibility index (Phi) is 11.9. The number of carbonyl (C=O) groups is 4. The second-order valence-corrected chi connectivity index (χ2v) is 11.5. The number of ether oxygens (including phenoxy) is 3. The number of hydrogen-bond acceptors (Lipinski definition) is 10. The van der Waals surface area contributed by atoms with Crippen LogP contribution >= 0.6 is 34.4 Å². The highest BCUT2D eigenvalue weighted by Gasteiger charge is 2.27. The number of aryl methyl sites for hydroxylation is 1. The average molecular weight is 608 g/mol. The minimum atomic E-state index is -0.639. The van der Waals surface area contributed by atoms with Gasteiger partial charge in [-0.05, 0) is 57.9 Å². The van der Waals surface area contributed by atoms with Crippen molar-refractivity contribution in [2.24, 2.45) is 4.99 Å². The van der Waals surface area contributed by atoms with Gasteiger partial charge in [-0.15, -0.1) is 23.1 Å². The SMILES string of the molecule is CCOCCn1c(=NC(=O)CSCC(=O)Nc2sc(C(=O)OCC)c(C)c2C(=O)OCC)sc2cc(C)ccc21. The van der Waals surface area contributed by atoms with E-state index < -0.39 is 17.8 Å². The van der Waals surface area contributed by atoms with Crippen LogP contribution in [-0.2, 0) is 30.3 Å². The number of thioether (sulfide) groups is 1. The molecule has 0 atom stereocenters. The zero-order chi connectivity index (χ0) is 29.2. The molecule has 2 amide bonds. The highest BCUT2D eigenvalue weighted by molar-refractivity contribution is 8.00. The molecular formula is C27H33N3O7S3. The van der Waals surface area contributed by atoms with Crippen LogP contribution in [0.5, 0.6) is 0 Å². The molecule has 0 unspecified atom stereocenters. The van der Waals surface area contributed by atoms with E-state index in [0.29, 0.717) is 30.1 Å². The fourth-order valence-electron chi connectivity index (χ4n) is 3.76. The Hall–Kier alpha value is -3.00. The van der Waals surface area contributed by atoms with Crippen molar-refractivity contribution in [3.05, 3.63) is 44.6 Å². The molecule has 0 fully saturated rings. The third kappa shape index (κ3) is 8.03. The predicted molar refractivity (Wildman–Crippen MR) is 159 cm³/mol. The lowest BCUT2D eigenvalue weighted by Crippen LogP contribution is -2.20. The molecule has 1 aromatic carbocycles. The van der Waals surface area contributed by atoms with Crippen molar-refractivity contribution < 1.29 is 33.4 Å². The third-order valence-corrected chi connectivity index (χ3v) is 8.67. The summed E-state index contributed by atoms with van der Waals surface area (Å²) in [4.78, 5) is 55.4. The maximum absolute atomic E-state index is 12.7. The van der Waals surface area contributed by atoms with E-state index in [-0.39, 0.29) is 46.1 Å². The first kappa shape index (κ1) is 31.5. The number of rotatable bonds is 13. The van der Waals surface area contributed by atoms with E-state index in [1.165, 1.54) is 11.3 Å². The number of nitrogens with one attached hydrogen (secondary N) is 1. The lowest BCUT2D eigenvalue weighted by atomic mass is 10.1. The van der Waals surface area contributed by atoms with Crippen molar-refractivity contribution in [2.45, 2.75) is 41.2 Å². The molecule has 216 valence electrons. The number of fused-ring (bicyclic) bond motifs is 1. The molecule has 1 N–H and O–H groups in total. The molecule has 3 rings (SSSR count). The lowest BCUT2D eigenvalue weighted by molar-refractivity contribution is -0.115. The number of nitrogens with zero attached hydrogens (tertiary/aromatic N) is 2. The van der Waals surface area contributed by atoms with Crippen LogP contribution in [0.4, 0.5) is 5.00 Å². The molecule has 0 saturated heterocycles. The van der Waals surface area contributed by atoms with Gasteiger partial charge in [-0.25, -0.2) is 9.59 Å². The number of amides is 2. The van der Waals surface area contributed by atoms with E-state index in [1.54, 1.807) is 20.8 Å². The van der Waals surface area contributed by atoms with Gasteiger partial charge in [0.05, 0.1) is 47.1 Å². The van der Waals surface area contributed by atoms with E-state index in [2.05, 4.69) is 16.4 Å². The summed E-state index contributed by atoms with van der Waals surface area (Å²) < 4.78 is 18.7. The molecular weight excluding hydrogens is 575 g/mol. The second-order valence-electron chi connectivity index (χ2n) is 8.45. The molecule has 0 aliphatic heterocycles. The summed E-state index contributed by atoms with van der Waals surface area (Å²) in [6.45, 7) is 10.9. The summed E-state index contributed by atoms with van der Waals surface area (Å²) in [7, 11) is 0. The van der Waals surface area contributed by atoms with E-state index in [1.807, 2.05) is 30.5 Å². The predicted octanol–water partition coefficient (Wildman–Crippen LogP) is 4.57. The largest absolute Gasteiger partial charge is 0.462 e. The van der Waals surface area contributed by atoms with Gasteiger partial charge in [-0.2, -0.15) is 4.99 Å². The highest BCUT2D eigenvalue weighted by atomic mass is 32.2. The fraction of sp³-hybridized carbons (Fsp3) is 0.444. The summed E-state index contributed by atoms with van der Waals surface area (Å²) in [6, 6.07) is 6.09. The zero-order valence-electron chi connectivity index (χ0n) is 23.2. The van der Waals surface area contributed by atoms with Crippen LogP contribution in [0.3, 0.4) is 0 Å². The molecule has 3 aromatic rings. The summed E-state index contributed by atoms with van der Waals surface area (Å²) in [5.41, 5.74) is 2.61. The van der Waals surface area contributed by atoms with Gasteiger partial charge >= 0.3 is 11.9 Å². The quantitative estimate of drug-likeness (QED) is 0.221. The first-order valence-corrected chi connectivity index (χ1v) is 15.6. The maximum Gasteiger partial charge on any atom is 0.348 e. The summed E-state index contributed by atoms with van der Waals surface area (Å²) in [6.07, 6.45) is 0. The minimum Gasteiger partial charge on any atom is -0.462 e. The molecule has 40 heavy (non-hydrogen) atoms. The normalized spacial score (nSPS) is 11.6. The standard InChI is InChI=1S/C27H33N3O7S3/c1-6-35-12-11-30-18-10-9-16(4)13-19(18)39-27(30)29-21(32)15-38-14-20(31)28-24-22(25(33)36-7-2)17(5)23(40-24)26(34)37-8-3/h9-10,13H,6-8,11-12,14-15H2,1-5H3,(H,28,31). The van der Waals surface area contributed by atoms with Crippen molar-refractivity contribution in [1.82, 2.24) is 4.57 Å². The zero-order valence-corrected chi connectivity index (χ0v) is 25.6. The van der Waals surface area contributed by atoms with Gasteiger partial charge < -0.3 is 24.1 Å². The van der Waals surface area contributed by atoms with Gasteiger partial charge in [0.2, 0.25) is 5.91 Å². The lowest BCUT2D eigenvalue weighted by Gasteiger charge is -2.07. The van der Waals surface area contributed by atoms with Gasteiger partial charge in [0.15, 0.2) is 4.80 Å². The number of carbonyl (C=O) groups excluding carboxylic acids is 4. The molecule has 13 heteroatoms. The Morgan fingerprint density at radius 2 is 1.70 bits per heavy atom. The van der Waals surface area contributed by atoms with Crippen LogP contribution in [-0.4, -0.2) is 66.3 Å². The minimum absolute atomic E-state index is 0.00553. The van der Waals surface area contributed by atoms with E-state index in [4.69, 9.17) is 14.2 Å². The van der Waals surface area contributed by atoms with E-state index >= 15 is 0 Å². The van der Waals surface area contributed by atoms with Gasteiger partial charge in [-0.1, -0.05) is 17.4 Å². The van der Waals surface area contributed by atoms with E-state index in [0.717, 1.165) is 38.9 Å². The van der Waals surface area contributed by atoms with Crippen molar-refractivity contribution in [3.8, 4) is 0 Å². The van der Waals surface area contributed by atoms with Crippen molar-refractivity contribution in [1.29, 1.82) is 0 Å². The number of anilines is 1. The summed E-state index contributed by atoms with van der Waals surface area (Å²) in [5, 5.41) is 2.89. The van der Waals surface area contributed by atoms with Crippen LogP contribution in [0.25, 0.3) is 10.2 Å². The van der Waals surface area contributed by atoms with Crippen molar-refractivity contribution in [2.75, 3.05) is 43.3 Å². The molecule has 0 aliphatic rings. The number of hydrogen-bond donors (Lipinski definition) is 1. The van der Waals surface area contributed by atoms with Crippen LogP contribution in [0.1, 0.15) is 51.9 Å². The third-order valence-electron chi connectivity index (χ3n) is 5.52. The topological polar surface area (TPSA) is 125 Å². The second kappa shape index (κ2) is 15.1. The van der Waals surface area contributed by atoms with Crippen LogP contribution in [0.15, 0.2) is 23.2 Å². The number of aromatic nitrogens is 1. The Morgan fingerprint density at radius 3 is 2.40 bits per heavy atom. The first-order chi connectivity index (χ1) is 19.2. The van der Waals surface area contributed by atoms with Crippen molar-refractivity contribution in [3.63, 3.8) is 0 Å². The molecule has 10 nitrogen and oxygen atoms in total. The average Bonchev–Trinajstić information content (AvgIpc) is 3.40. The van der Waals surface area contributed by atoms with Gasteiger partial charge in [0.1, 0.15) is 9.88 Å². The Balaban J connectivity index is 1.70. The Bertz CT molecular complexity index is 1460. The molecule has 0 aliphatic carbocycles. The fourth-order valence-corrected chi connectivity index (χ4v) is 6.63. The first-order valence-electron chi connectivity index (χ1n) is 12.8. The van der Waals surface area contributed by atoms with E-state index in [9.17, 15) is 19.2 Å². The molecule has 0 radical (unpaired) electrons. The Morgan fingerprint density at radius 1 is 0.975 bits per heavy atom. The number of thiophene rings is 1. The molecule has 2 heterocycles. The smallest absolute Gasteiger partial charge is 0.348 e. The van der Waals surface area contributed by atoms with Crippen LogP contribution in [0.2, 0.25) is 0 Å². The molecule has 2 aromatic heterocycles. The van der Waals surface area contributed by atoms with Gasteiger partial charge in [0.25, 0.3) is 5.91 Å². The Labute approximate surface area is 244 Å². The highest BCUT2D eigenvalue weighted by Crippen LogP contribution is 2.34. The molecule has 0 saturated carbocycles. The summed E-state index contributed by atoms with van der Waals surface area (Å²) in [5.74, 6) is -2.06. The summed E-state index contributed by atoms with van der Waals surface area (Å²) >= 11 is 3.50. The van der Waals surface area contributed by atoms with Gasteiger partial charge in [0, 0.05) is 13.2 Å². The number of thiazole rings is 1. The van der Waals surface area contributed by atoms with Crippen LogP contribution < -0.4 is 10.1 Å². The maximum atomic E-state index is 12.7. The monoisotopic (exact) mass is 607 g/mol. The number of benzene rings is 1. The molecule has 0 bridgehead atoms. The van der Waals surface area contributed by atoms with Crippen molar-refractivity contribution >= 4 is 73.4 Å². The molecule has 0 spiro atoms. The van der Waals surface area contributed by atoms with Crippen LogP contribution in [0, 0.1) is 13.8 Å². The van der Waals surface area contributed by atoms with Gasteiger partial charge in [-0.3, -0.25) is 9.59 Å².